The fraction of sp³-hybridized carbons (Fsp3) is 0.350. The maximum atomic E-state index is 13.8. The lowest BCUT2D eigenvalue weighted by Crippen LogP contribution is -2.47. The van der Waals surface area contributed by atoms with Crippen molar-refractivity contribution in [1.82, 2.24) is 5.32 Å². The Kier molecular flexibility index (Phi) is 8.86. The molecule has 2 rings (SSSR count). The molecule has 0 fully saturated rings. The molecule has 12 heteroatoms. The third kappa shape index (κ3) is 6.51. The molecule has 3 N–H and O–H groups in total. The lowest BCUT2D eigenvalue weighted by atomic mass is 9.92. The van der Waals surface area contributed by atoms with E-state index in [0.29, 0.717) is 11.3 Å². The molecule has 32 heavy (non-hydrogen) atoms. The topological polar surface area (TPSA) is 78.4 Å². The van der Waals surface area contributed by atoms with Crippen molar-refractivity contribution in [3.8, 4) is 0 Å². The third-order valence-corrected chi connectivity index (χ3v) is 6.50. The first kappa shape index (κ1) is 26.7. The van der Waals surface area contributed by atoms with Gasteiger partial charge in [0.2, 0.25) is 11.5 Å². The molecule has 0 spiro atoms. The SMILES string of the molecule is Cc1cc(NC[C@](O)(c2cc(Cl)c(Cl)c(Cl)c2)C(F)(F)F)ccc1CNC(=O)C[S@@](C)=O. The highest BCUT2D eigenvalue weighted by Gasteiger charge is 2.55. The quantitative estimate of drug-likeness (QED) is 0.427. The molecule has 0 bridgehead atoms. The van der Waals surface area contributed by atoms with Gasteiger partial charge < -0.3 is 15.7 Å². The summed E-state index contributed by atoms with van der Waals surface area (Å²) in [5.74, 6) is -0.490. The summed E-state index contributed by atoms with van der Waals surface area (Å²) in [4.78, 5) is 11.6. The Hall–Kier alpha value is -1.52. The van der Waals surface area contributed by atoms with Gasteiger partial charge in [-0.25, -0.2) is 0 Å². The molecule has 0 saturated carbocycles. The molecule has 0 aromatic heterocycles. The summed E-state index contributed by atoms with van der Waals surface area (Å²) in [7, 11) is -1.26. The van der Waals surface area contributed by atoms with Gasteiger partial charge in [-0.1, -0.05) is 40.9 Å². The summed E-state index contributed by atoms with van der Waals surface area (Å²) in [6.45, 7) is 0.984. The average molecular weight is 532 g/mol. The first-order chi connectivity index (χ1) is 14.7. The van der Waals surface area contributed by atoms with Crippen molar-refractivity contribution >= 4 is 57.2 Å². The summed E-state index contributed by atoms with van der Waals surface area (Å²) in [6, 6.07) is 6.57. The number of nitrogens with one attached hydrogen (secondary N) is 2. The summed E-state index contributed by atoms with van der Waals surface area (Å²) in [5, 5.41) is 15.2. The van der Waals surface area contributed by atoms with Crippen molar-refractivity contribution in [3.63, 3.8) is 0 Å². The van der Waals surface area contributed by atoms with Crippen LogP contribution >= 0.6 is 34.8 Å². The minimum absolute atomic E-state index is 0.113. The number of benzene rings is 2. The van der Waals surface area contributed by atoms with Gasteiger partial charge in [-0.05, 0) is 47.9 Å². The molecule has 2 aromatic carbocycles. The fourth-order valence-corrected chi connectivity index (χ4v) is 3.89. The summed E-state index contributed by atoms with van der Waals surface area (Å²) >= 11 is 17.5. The molecule has 0 heterocycles. The highest BCUT2D eigenvalue weighted by atomic mass is 35.5. The Labute approximate surface area is 200 Å². The molecule has 0 aliphatic heterocycles. The number of hydrogen-bond acceptors (Lipinski definition) is 4. The van der Waals surface area contributed by atoms with Crippen LogP contribution in [0.3, 0.4) is 0 Å². The van der Waals surface area contributed by atoms with Gasteiger partial charge in [-0.2, -0.15) is 13.2 Å². The number of amides is 1. The van der Waals surface area contributed by atoms with Crippen LogP contribution in [0.4, 0.5) is 18.9 Å². The van der Waals surface area contributed by atoms with E-state index in [4.69, 9.17) is 34.8 Å². The van der Waals surface area contributed by atoms with E-state index >= 15 is 0 Å². The van der Waals surface area contributed by atoms with E-state index in [1.165, 1.54) is 12.3 Å². The van der Waals surface area contributed by atoms with Crippen LogP contribution in [0.15, 0.2) is 30.3 Å². The van der Waals surface area contributed by atoms with Gasteiger partial charge in [0, 0.05) is 29.3 Å². The number of carbonyl (C=O) groups is 1. The zero-order chi connectivity index (χ0) is 24.3. The lowest BCUT2D eigenvalue weighted by molar-refractivity contribution is -0.260. The maximum Gasteiger partial charge on any atom is 0.423 e. The molecular weight excluding hydrogens is 512 g/mol. The number of aryl methyl sites for hydroxylation is 1. The van der Waals surface area contributed by atoms with Gasteiger partial charge in [0.1, 0.15) is 5.75 Å². The summed E-state index contributed by atoms with van der Waals surface area (Å²) < 4.78 is 52.5. The predicted octanol–water partition coefficient (Wildman–Crippen LogP) is 4.81. The first-order valence-corrected chi connectivity index (χ1v) is 11.9. The van der Waals surface area contributed by atoms with Crippen LogP contribution < -0.4 is 10.6 Å². The second kappa shape index (κ2) is 10.6. The number of halogens is 6. The van der Waals surface area contributed by atoms with Gasteiger partial charge in [-0.15, -0.1) is 0 Å². The Morgan fingerprint density at radius 3 is 2.22 bits per heavy atom. The van der Waals surface area contributed by atoms with Crippen molar-refractivity contribution in [2.75, 3.05) is 23.9 Å². The van der Waals surface area contributed by atoms with E-state index in [0.717, 1.165) is 17.7 Å². The van der Waals surface area contributed by atoms with Crippen LogP contribution in [0.25, 0.3) is 0 Å². The van der Waals surface area contributed by atoms with Gasteiger partial charge >= 0.3 is 6.18 Å². The molecule has 0 unspecified atom stereocenters. The average Bonchev–Trinajstić information content (AvgIpc) is 2.67. The van der Waals surface area contributed by atoms with E-state index in [-0.39, 0.29) is 33.3 Å². The molecule has 2 aromatic rings. The van der Waals surface area contributed by atoms with Gasteiger partial charge in [0.15, 0.2) is 0 Å². The fourth-order valence-electron chi connectivity index (χ4n) is 2.82. The van der Waals surface area contributed by atoms with Crippen LogP contribution in [0, 0.1) is 6.92 Å². The number of aliphatic hydroxyl groups is 1. The zero-order valence-electron chi connectivity index (χ0n) is 16.9. The summed E-state index contributed by atoms with van der Waals surface area (Å²) in [5.41, 5.74) is -2.10. The highest BCUT2D eigenvalue weighted by Crippen LogP contribution is 2.43. The van der Waals surface area contributed by atoms with Crippen molar-refractivity contribution in [3.05, 3.63) is 62.1 Å². The number of hydrogen-bond donors (Lipinski definition) is 3. The lowest BCUT2D eigenvalue weighted by Gasteiger charge is -2.32. The van der Waals surface area contributed by atoms with E-state index in [1.54, 1.807) is 19.1 Å². The Morgan fingerprint density at radius 1 is 1.12 bits per heavy atom. The highest BCUT2D eigenvalue weighted by molar-refractivity contribution is 7.85. The molecule has 0 radical (unpaired) electrons. The molecule has 0 saturated heterocycles. The summed E-state index contributed by atoms with van der Waals surface area (Å²) in [6.07, 6.45) is -3.63. The molecule has 0 aliphatic rings. The zero-order valence-corrected chi connectivity index (χ0v) is 20.0. The van der Waals surface area contributed by atoms with E-state index in [1.807, 2.05) is 0 Å². The standard InChI is InChI=1S/C20H20Cl3F3N2O3S/c1-11-5-14(4-3-12(11)8-27-17(29)9-32(2)31)28-10-19(30,20(24,25)26)13-6-15(21)18(23)16(22)7-13/h3-7,28,30H,8-10H2,1-2H3,(H,27,29)/t19-,32+/m0/s1. The van der Waals surface area contributed by atoms with Crippen molar-refractivity contribution < 1.29 is 27.3 Å². The number of carbonyl (C=O) groups excluding carboxylic acids is 1. The third-order valence-electron chi connectivity index (χ3n) is 4.63. The van der Waals surface area contributed by atoms with Crippen molar-refractivity contribution in [2.24, 2.45) is 0 Å². The van der Waals surface area contributed by atoms with Crippen LogP contribution in [-0.4, -0.2) is 40.0 Å². The minimum Gasteiger partial charge on any atom is -0.381 e. The van der Waals surface area contributed by atoms with Crippen molar-refractivity contribution in [1.29, 1.82) is 0 Å². The molecule has 1 amide bonds. The largest absolute Gasteiger partial charge is 0.423 e. The molecule has 2 atom stereocenters. The van der Waals surface area contributed by atoms with Gasteiger partial charge in [0.25, 0.3) is 0 Å². The monoisotopic (exact) mass is 530 g/mol. The maximum absolute atomic E-state index is 13.8. The minimum atomic E-state index is -5.04. The van der Waals surface area contributed by atoms with Crippen molar-refractivity contribution in [2.45, 2.75) is 25.2 Å². The van der Waals surface area contributed by atoms with Gasteiger partial charge in [-0.3, -0.25) is 9.00 Å². The number of anilines is 1. The number of alkyl halides is 3. The molecule has 0 aliphatic carbocycles. The Morgan fingerprint density at radius 2 is 1.72 bits per heavy atom. The van der Waals surface area contributed by atoms with E-state index in [2.05, 4.69) is 10.6 Å². The number of rotatable bonds is 8. The molecular formula is C20H20Cl3F3N2O3S. The normalized spacial score (nSPS) is 14.5. The van der Waals surface area contributed by atoms with Gasteiger partial charge in [0.05, 0.1) is 21.6 Å². The second-order valence-electron chi connectivity index (χ2n) is 7.10. The molecule has 5 nitrogen and oxygen atoms in total. The Balaban J connectivity index is 2.19. The predicted molar refractivity (Wildman–Crippen MR) is 122 cm³/mol. The van der Waals surface area contributed by atoms with Crippen LogP contribution in [0.1, 0.15) is 16.7 Å². The van der Waals surface area contributed by atoms with Crippen LogP contribution in [0.5, 0.6) is 0 Å². The first-order valence-electron chi connectivity index (χ1n) is 9.09. The van der Waals surface area contributed by atoms with Crippen LogP contribution in [-0.2, 0) is 27.7 Å². The smallest absolute Gasteiger partial charge is 0.381 e. The Bertz CT molecular complexity index is 1010. The molecule has 176 valence electrons. The van der Waals surface area contributed by atoms with Crippen LogP contribution in [0.2, 0.25) is 15.1 Å². The van der Waals surface area contributed by atoms with E-state index in [9.17, 15) is 27.3 Å². The van der Waals surface area contributed by atoms with E-state index < -0.39 is 34.7 Å². The second-order valence-corrected chi connectivity index (χ2v) is 9.73.